The van der Waals surface area contributed by atoms with Gasteiger partial charge >= 0.3 is 0 Å². The zero-order chi connectivity index (χ0) is 10.4. The molecule has 0 saturated carbocycles. The molecule has 1 aromatic rings. The summed E-state index contributed by atoms with van der Waals surface area (Å²) in [6, 6.07) is 6.67. The number of nitrogens with zero attached hydrogens (tertiary/aromatic N) is 1. The van der Waals surface area contributed by atoms with Crippen LogP contribution in [0.15, 0.2) is 24.3 Å². The van der Waals surface area contributed by atoms with Crippen LogP contribution >= 0.6 is 0 Å². The van der Waals surface area contributed by atoms with Gasteiger partial charge in [0.25, 0.3) is 0 Å². The molecule has 0 radical (unpaired) electrons. The van der Waals surface area contributed by atoms with E-state index in [2.05, 4.69) is 10.2 Å². The molecule has 0 aromatic heterocycles. The van der Waals surface area contributed by atoms with E-state index >= 15 is 0 Å². The van der Waals surface area contributed by atoms with Gasteiger partial charge in [-0.15, -0.1) is 0 Å². The van der Waals surface area contributed by atoms with E-state index in [0.717, 1.165) is 25.2 Å². The van der Waals surface area contributed by atoms with Gasteiger partial charge in [-0.25, -0.2) is 4.39 Å². The van der Waals surface area contributed by atoms with Crippen LogP contribution in [-0.4, -0.2) is 27.2 Å². The zero-order valence-electron chi connectivity index (χ0n) is 8.76. The second kappa shape index (κ2) is 5.60. The topological polar surface area (TPSA) is 15.3 Å². The third-order valence-corrected chi connectivity index (χ3v) is 2.17. The Balaban J connectivity index is 2.47. The fourth-order valence-corrected chi connectivity index (χ4v) is 1.34. The minimum Gasteiger partial charge on any atom is -0.374 e. The van der Waals surface area contributed by atoms with Crippen molar-refractivity contribution in [3.05, 3.63) is 30.1 Å². The van der Waals surface area contributed by atoms with Gasteiger partial charge in [0, 0.05) is 19.3 Å². The van der Waals surface area contributed by atoms with Crippen molar-refractivity contribution in [1.29, 1.82) is 0 Å². The second-order valence-corrected chi connectivity index (χ2v) is 3.36. The average Bonchev–Trinajstić information content (AvgIpc) is 2.18. The summed E-state index contributed by atoms with van der Waals surface area (Å²) in [6.07, 6.45) is 1.06. The number of halogens is 1. The highest BCUT2D eigenvalue weighted by Gasteiger charge is 2.00. The Kier molecular flexibility index (Phi) is 4.40. The van der Waals surface area contributed by atoms with E-state index in [-0.39, 0.29) is 5.82 Å². The molecular formula is C11H17FN2. The van der Waals surface area contributed by atoms with Crippen molar-refractivity contribution in [3.8, 4) is 0 Å². The smallest absolute Gasteiger partial charge is 0.125 e. The van der Waals surface area contributed by atoms with Crippen molar-refractivity contribution in [2.24, 2.45) is 0 Å². The van der Waals surface area contributed by atoms with E-state index in [0.29, 0.717) is 0 Å². The summed E-state index contributed by atoms with van der Waals surface area (Å²) in [5, 5.41) is 3.09. The first-order valence-electron chi connectivity index (χ1n) is 4.85. The van der Waals surface area contributed by atoms with Gasteiger partial charge in [0.1, 0.15) is 5.82 Å². The molecule has 1 N–H and O–H groups in total. The van der Waals surface area contributed by atoms with Crippen molar-refractivity contribution in [2.45, 2.75) is 6.42 Å². The molecule has 0 aliphatic carbocycles. The lowest BCUT2D eigenvalue weighted by Crippen LogP contribution is -2.22. The van der Waals surface area contributed by atoms with Crippen LogP contribution < -0.4 is 10.2 Å². The van der Waals surface area contributed by atoms with Gasteiger partial charge in [-0.1, -0.05) is 6.07 Å². The lowest BCUT2D eigenvalue weighted by molar-refractivity contribution is 0.626. The van der Waals surface area contributed by atoms with Gasteiger partial charge in [0.2, 0.25) is 0 Å². The highest BCUT2D eigenvalue weighted by Crippen LogP contribution is 2.13. The first-order chi connectivity index (χ1) is 6.74. The number of hydrogen-bond acceptors (Lipinski definition) is 2. The Bertz CT molecular complexity index is 276. The van der Waals surface area contributed by atoms with Crippen molar-refractivity contribution in [2.75, 3.05) is 32.1 Å². The molecule has 0 spiro atoms. The van der Waals surface area contributed by atoms with Crippen molar-refractivity contribution >= 4 is 5.69 Å². The summed E-state index contributed by atoms with van der Waals surface area (Å²) in [5.41, 5.74) is 0.932. The van der Waals surface area contributed by atoms with Crippen LogP contribution in [0.1, 0.15) is 6.42 Å². The predicted octanol–water partition coefficient (Wildman–Crippen LogP) is 1.87. The Labute approximate surface area is 84.7 Å². The van der Waals surface area contributed by atoms with Crippen LogP contribution in [-0.2, 0) is 0 Å². The Hall–Kier alpha value is -1.09. The van der Waals surface area contributed by atoms with E-state index in [9.17, 15) is 4.39 Å². The van der Waals surface area contributed by atoms with Crippen molar-refractivity contribution in [3.63, 3.8) is 0 Å². The molecule has 14 heavy (non-hydrogen) atoms. The van der Waals surface area contributed by atoms with Gasteiger partial charge in [-0.2, -0.15) is 0 Å². The molecule has 1 aromatic carbocycles. The number of rotatable bonds is 5. The molecule has 0 saturated heterocycles. The quantitative estimate of drug-likeness (QED) is 0.723. The van der Waals surface area contributed by atoms with E-state index in [1.807, 2.05) is 20.2 Å². The molecule has 2 nitrogen and oxygen atoms in total. The minimum absolute atomic E-state index is 0.178. The molecule has 0 aliphatic heterocycles. The zero-order valence-corrected chi connectivity index (χ0v) is 8.76. The Morgan fingerprint density at radius 1 is 1.43 bits per heavy atom. The Morgan fingerprint density at radius 2 is 2.21 bits per heavy atom. The molecule has 1 rings (SSSR count). The monoisotopic (exact) mass is 196 g/mol. The summed E-state index contributed by atoms with van der Waals surface area (Å²) >= 11 is 0. The van der Waals surface area contributed by atoms with E-state index in [4.69, 9.17) is 0 Å². The fraction of sp³-hybridized carbons (Fsp3) is 0.455. The molecule has 0 heterocycles. The molecular weight excluding hydrogens is 179 g/mol. The number of benzene rings is 1. The van der Waals surface area contributed by atoms with Crippen LogP contribution in [0.4, 0.5) is 10.1 Å². The number of nitrogens with one attached hydrogen (secondary N) is 1. The molecule has 3 heteroatoms. The third-order valence-electron chi connectivity index (χ3n) is 2.17. The van der Waals surface area contributed by atoms with Crippen LogP contribution in [0.3, 0.4) is 0 Å². The maximum Gasteiger partial charge on any atom is 0.125 e. The molecule has 0 atom stereocenters. The summed E-state index contributed by atoms with van der Waals surface area (Å²) in [5.74, 6) is -0.178. The van der Waals surface area contributed by atoms with Crippen LogP contribution in [0.25, 0.3) is 0 Å². The SMILES string of the molecule is CNCCCN(C)c1cccc(F)c1. The lowest BCUT2D eigenvalue weighted by atomic mass is 10.2. The van der Waals surface area contributed by atoms with Crippen LogP contribution in [0.2, 0.25) is 0 Å². The highest BCUT2D eigenvalue weighted by molar-refractivity contribution is 5.45. The summed E-state index contributed by atoms with van der Waals surface area (Å²) in [7, 11) is 3.91. The fourth-order valence-electron chi connectivity index (χ4n) is 1.34. The Morgan fingerprint density at radius 3 is 2.86 bits per heavy atom. The average molecular weight is 196 g/mol. The third kappa shape index (κ3) is 3.34. The number of anilines is 1. The maximum absolute atomic E-state index is 12.9. The first kappa shape index (κ1) is 11.0. The van der Waals surface area contributed by atoms with E-state index in [1.54, 1.807) is 12.1 Å². The second-order valence-electron chi connectivity index (χ2n) is 3.36. The highest BCUT2D eigenvalue weighted by atomic mass is 19.1. The standard InChI is InChI=1S/C11H17FN2/c1-13-7-4-8-14(2)11-6-3-5-10(12)9-11/h3,5-6,9,13H,4,7-8H2,1-2H3. The molecule has 0 bridgehead atoms. The van der Waals surface area contributed by atoms with Gasteiger partial charge in [-0.05, 0) is 38.2 Å². The van der Waals surface area contributed by atoms with Gasteiger partial charge in [0.15, 0.2) is 0 Å². The van der Waals surface area contributed by atoms with Crippen LogP contribution in [0.5, 0.6) is 0 Å². The van der Waals surface area contributed by atoms with Gasteiger partial charge in [0.05, 0.1) is 0 Å². The molecule has 0 unspecified atom stereocenters. The normalized spacial score (nSPS) is 10.2. The molecule has 0 amide bonds. The first-order valence-corrected chi connectivity index (χ1v) is 4.85. The number of hydrogen-bond donors (Lipinski definition) is 1. The lowest BCUT2D eigenvalue weighted by Gasteiger charge is -2.18. The van der Waals surface area contributed by atoms with Gasteiger partial charge < -0.3 is 10.2 Å². The van der Waals surface area contributed by atoms with Crippen molar-refractivity contribution < 1.29 is 4.39 Å². The summed E-state index contributed by atoms with van der Waals surface area (Å²) in [4.78, 5) is 2.06. The maximum atomic E-state index is 12.9. The molecule has 0 fully saturated rings. The summed E-state index contributed by atoms with van der Waals surface area (Å²) in [6.45, 7) is 1.92. The predicted molar refractivity (Wildman–Crippen MR) is 58.2 cm³/mol. The summed E-state index contributed by atoms with van der Waals surface area (Å²) < 4.78 is 12.9. The largest absolute Gasteiger partial charge is 0.374 e. The molecule has 0 aliphatic rings. The van der Waals surface area contributed by atoms with Crippen molar-refractivity contribution in [1.82, 2.24) is 5.32 Å². The van der Waals surface area contributed by atoms with Crippen LogP contribution in [0, 0.1) is 5.82 Å². The van der Waals surface area contributed by atoms with Gasteiger partial charge in [-0.3, -0.25) is 0 Å². The minimum atomic E-state index is -0.178. The van der Waals surface area contributed by atoms with E-state index < -0.39 is 0 Å². The van der Waals surface area contributed by atoms with E-state index in [1.165, 1.54) is 6.07 Å². The molecule has 78 valence electrons.